The van der Waals surface area contributed by atoms with Crippen molar-refractivity contribution in [3.05, 3.63) is 52.2 Å². The van der Waals surface area contributed by atoms with Gasteiger partial charge in [0.05, 0.1) is 10.6 Å². The minimum atomic E-state index is -0.805. The number of rotatable bonds is 4. The smallest absolute Gasteiger partial charge is 0.257 e. The van der Waals surface area contributed by atoms with Crippen molar-refractivity contribution in [2.75, 3.05) is 5.32 Å². The van der Waals surface area contributed by atoms with E-state index < -0.39 is 17.5 Å². The number of carbonyl (C=O) groups excluding carboxylic acids is 1. The van der Waals surface area contributed by atoms with E-state index in [1.165, 1.54) is 11.3 Å². The third kappa shape index (κ3) is 3.33. The predicted molar refractivity (Wildman–Crippen MR) is 86.0 cm³/mol. The Bertz CT molecular complexity index is 884. The first-order chi connectivity index (χ1) is 11.5. The van der Waals surface area contributed by atoms with Gasteiger partial charge in [0.1, 0.15) is 11.6 Å². The molecule has 2 aromatic heterocycles. The molecule has 3 rings (SSSR count). The van der Waals surface area contributed by atoms with Crippen LogP contribution in [-0.2, 0) is 6.42 Å². The third-order valence-corrected chi connectivity index (χ3v) is 4.31. The number of hydrogen-bond acceptors (Lipinski definition) is 5. The SMILES string of the molecule is CCc1nnc(-c2cc(NC(=O)c3cc(F)cc(F)c3)c(C)s2)o1. The van der Waals surface area contributed by atoms with Gasteiger partial charge in [-0.15, -0.1) is 21.5 Å². The summed E-state index contributed by atoms with van der Waals surface area (Å²) in [5, 5.41) is 10.5. The fourth-order valence-corrected chi connectivity index (χ4v) is 2.98. The van der Waals surface area contributed by atoms with Gasteiger partial charge >= 0.3 is 0 Å². The molecule has 0 unspecified atom stereocenters. The highest BCUT2D eigenvalue weighted by Crippen LogP contribution is 2.33. The van der Waals surface area contributed by atoms with Crippen LogP contribution >= 0.6 is 11.3 Å². The molecule has 2 heterocycles. The molecule has 0 bridgehead atoms. The zero-order valence-corrected chi connectivity index (χ0v) is 13.7. The molecule has 8 heteroatoms. The second-order valence-electron chi connectivity index (χ2n) is 5.05. The van der Waals surface area contributed by atoms with Crippen LogP contribution in [0.25, 0.3) is 10.8 Å². The van der Waals surface area contributed by atoms with Gasteiger partial charge in [0, 0.05) is 22.9 Å². The number of halogens is 2. The lowest BCUT2D eigenvalue weighted by Gasteiger charge is -2.04. The summed E-state index contributed by atoms with van der Waals surface area (Å²) in [5.74, 6) is -1.31. The van der Waals surface area contributed by atoms with Gasteiger partial charge in [0.2, 0.25) is 5.89 Å². The van der Waals surface area contributed by atoms with E-state index in [1.807, 2.05) is 13.8 Å². The first-order valence-corrected chi connectivity index (χ1v) is 7.98. The number of thiophene rings is 1. The summed E-state index contributed by atoms with van der Waals surface area (Å²) in [6.07, 6.45) is 0.631. The topological polar surface area (TPSA) is 68.0 Å². The lowest BCUT2D eigenvalue weighted by Crippen LogP contribution is -2.12. The van der Waals surface area contributed by atoms with E-state index in [2.05, 4.69) is 15.5 Å². The molecule has 0 spiro atoms. The molecule has 3 aromatic rings. The van der Waals surface area contributed by atoms with E-state index in [1.54, 1.807) is 6.07 Å². The van der Waals surface area contributed by atoms with E-state index >= 15 is 0 Å². The number of nitrogens with zero attached hydrogens (tertiary/aromatic N) is 2. The van der Waals surface area contributed by atoms with Gasteiger partial charge in [0.15, 0.2) is 0 Å². The second kappa shape index (κ2) is 6.48. The second-order valence-corrected chi connectivity index (χ2v) is 6.30. The van der Waals surface area contributed by atoms with Crippen molar-refractivity contribution in [1.82, 2.24) is 10.2 Å². The highest BCUT2D eigenvalue weighted by Gasteiger charge is 2.16. The summed E-state index contributed by atoms with van der Waals surface area (Å²) < 4.78 is 31.9. The molecular formula is C16H13F2N3O2S. The monoisotopic (exact) mass is 349 g/mol. The van der Waals surface area contributed by atoms with E-state index in [0.29, 0.717) is 34.8 Å². The number of aromatic nitrogens is 2. The molecule has 0 aliphatic rings. The first kappa shape index (κ1) is 16.3. The highest BCUT2D eigenvalue weighted by molar-refractivity contribution is 7.15. The molecule has 0 saturated heterocycles. The van der Waals surface area contributed by atoms with Crippen LogP contribution in [0.15, 0.2) is 28.7 Å². The molecule has 0 atom stereocenters. The summed E-state index contributed by atoms with van der Waals surface area (Å²) in [6, 6.07) is 4.37. The van der Waals surface area contributed by atoms with E-state index in [4.69, 9.17) is 4.42 Å². The summed E-state index contributed by atoms with van der Waals surface area (Å²) in [7, 11) is 0. The average Bonchev–Trinajstić information content (AvgIpc) is 3.13. The zero-order valence-electron chi connectivity index (χ0n) is 12.9. The number of benzene rings is 1. The Hall–Kier alpha value is -2.61. The van der Waals surface area contributed by atoms with E-state index in [-0.39, 0.29) is 5.56 Å². The van der Waals surface area contributed by atoms with Crippen LogP contribution in [-0.4, -0.2) is 16.1 Å². The molecular weight excluding hydrogens is 336 g/mol. The Morgan fingerprint density at radius 1 is 1.21 bits per heavy atom. The summed E-state index contributed by atoms with van der Waals surface area (Å²) in [4.78, 5) is 13.7. The van der Waals surface area contributed by atoms with E-state index in [0.717, 1.165) is 17.0 Å². The van der Waals surface area contributed by atoms with Gasteiger partial charge in [-0.25, -0.2) is 8.78 Å². The Kier molecular flexibility index (Phi) is 4.39. The summed E-state index contributed by atoms with van der Waals surface area (Å²) in [5.41, 5.74) is 0.437. The Balaban J connectivity index is 1.84. The predicted octanol–water partition coefficient (Wildman–Crippen LogP) is 4.20. The van der Waals surface area contributed by atoms with Crippen LogP contribution in [0.1, 0.15) is 28.0 Å². The molecule has 0 saturated carbocycles. The Morgan fingerprint density at radius 2 is 1.92 bits per heavy atom. The zero-order chi connectivity index (χ0) is 17.3. The van der Waals surface area contributed by atoms with Crippen molar-refractivity contribution >= 4 is 22.9 Å². The summed E-state index contributed by atoms with van der Waals surface area (Å²) in [6.45, 7) is 3.72. The van der Waals surface area contributed by atoms with Gasteiger partial charge < -0.3 is 9.73 Å². The molecule has 24 heavy (non-hydrogen) atoms. The van der Waals surface area contributed by atoms with Crippen LogP contribution in [0, 0.1) is 18.6 Å². The molecule has 124 valence electrons. The van der Waals surface area contributed by atoms with Gasteiger partial charge in [-0.2, -0.15) is 0 Å². The molecule has 5 nitrogen and oxygen atoms in total. The number of hydrogen-bond donors (Lipinski definition) is 1. The third-order valence-electron chi connectivity index (χ3n) is 3.27. The first-order valence-electron chi connectivity index (χ1n) is 7.17. The maximum Gasteiger partial charge on any atom is 0.257 e. The van der Waals surface area contributed by atoms with Gasteiger partial charge in [-0.05, 0) is 25.1 Å². The molecule has 0 radical (unpaired) electrons. The van der Waals surface area contributed by atoms with Crippen molar-refractivity contribution in [3.63, 3.8) is 0 Å². The van der Waals surface area contributed by atoms with Gasteiger partial charge in [-0.3, -0.25) is 4.79 Å². The van der Waals surface area contributed by atoms with E-state index in [9.17, 15) is 13.6 Å². The molecule has 0 aliphatic carbocycles. The molecule has 1 amide bonds. The van der Waals surface area contributed by atoms with Gasteiger partial charge in [-0.1, -0.05) is 6.92 Å². The highest BCUT2D eigenvalue weighted by atomic mass is 32.1. The van der Waals surface area contributed by atoms with Crippen molar-refractivity contribution in [2.45, 2.75) is 20.3 Å². The average molecular weight is 349 g/mol. The van der Waals surface area contributed by atoms with Crippen LogP contribution in [0.5, 0.6) is 0 Å². The fourth-order valence-electron chi connectivity index (χ4n) is 2.09. The fraction of sp³-hybridized carbons (Fsp3) is 0.188. The van der Waals surface area contributed by atoms with Crippen LogP contribution in [0.3, 0.4) is 0 Å². The molecule has 1 aromatic carbocycles. The maximum absolute atomic E-state index is 13.2. The molecule has 0 fully saturated rings. The number of aryl methyl sites for hydroxylation is 2. The van der Waals surface area contributed by atoms with Crippen molar-refractivity contribution in [3.8, 4) is 10.8 Å². The summed E-state index contributed by atoms with van der Waals surface area (Å²) >= 11 is 1.38. The van der Waals surface area contributed by atoms with Gasteiger partial charge in [0.25, 0.3) is 11.8 Å². The number of nitrogens with one attached hydrogen (secondary N) is 1. The minimum Gasteiger partial charge on any atom is -0.420 e. The lowest BCUT2D eigenvalue weighted by molar-refractivity contribution is 0.102. The van der Waals surface area contributed by atoms with Crippen molar-refractivity contribution in [1.29, 1.82) is 0 Å². The number of carbonyl (C=O) groups is 1. The maximum atomic E-state index is 13.2. The quantitative estimate of drug-likeness (QED) is 0.766. The van der Waals surface area contributed by atoms with Crippen molar-refractivity contribution < 1.29 is 18.0 Å². The normalized spacial score (nSPS) is 10.8. The Morgan fingerprint density at radius 3 is 2.54 bits per heavy atom. The lowest BCUT2D eigenvalue weighted by atomic mass is 10.2. The molecule has 1 N–H and O–H groups in total. The van der Waals surface area contributed by atoms with Crippen molar-refractivity contribution in [2.24, 2.45) is 0 Å². The molecule has 0 aliphatic heterocycles. The van der Waals surface area contributed by atoms with Crippen LogP contribution in [0.4, 0.5) is 14.5 Å². The standard InChI is InChI=1S/C16H13F2N3O2S/c1-3-14-20-21-16(23-14)13-7-12(8(2)24-13)19-15(22)9-4-10(17)6-11(18)5-9/h4-7H,3H2,1-2H3,(H,19,22). The van der Waals surface area contributed by atoms with Crippen LogP contribution < -0.4 is 5.32 Å². The van der Waals surface area contributed by atoms with Crippen LogP contribution in [0.2, 0.25) is 0 Å². The minimum absolute atomic E-state index is 0.0919. The number of anilines is 1. The largest absolute Gasteiger partial charge is 0.420 e. The number of amides is 1. The Labute approximate surface area is 140 Å².